The molecule has 8 heteroatoms. The summed E-state index contributed by atoms with van der Waals surface area (Å²) in [5.74, 6) is -0.321. The van der Waals surface area contributed by atoms with Crippen LogP contribution in [-0.2, 0) is 0 Å². The van der Waals surface area contributed by atoms with Crippen molar-refractivity contribution < 1.29 is 14.7 Å². The van der Waals surface area contributed by atoms with Crippen molar-refractivity contribution in [3.8, 4) is 0 Å². The lowest BCUT2D eigenvalue weighted by Gasteiger charge is -2.35. The lowest BCUT2D eigenvalue weighted by Crippen LogP contribution is -2.37. The van der Waals surface area contributed by atoms with E-state index in [2.05, 4.69) is 20.1 Å². The fourth-order valence-corrected chi connectivity index (χ4v) is 4.98. The van der Waals surface area contributed by atoms with Gasteiger partial charge in [0, 0.05) is 13.1 Å². The van der Waals surface area contributed by atoms with Gasteiger partial charge in [-0.1, -0.05) is 30.2 Å². The van der Waals surface area contributed by atoms with Gasteiger partial charge in [0.25, 0.3) is 5.91 Å². The minimum atomic E-state index is -1.06. The summed E-state index contributed by atoms with van der Waals surface area (Å²) >= 11 is 6.09. The summed E-state index contributed by atoms with van der Waals surface area (Å²) in [5, 5.41) is 12.8. The maximum atomic E-state index is 12.5. The van der Waals surface area contributed by atoms with Gasteiger partial charge in [-0.2, -0.15) is 0 Å². The number of aromatic carboxylic acids is 1. The summed E-state index contributed by atoms with van der Waals surface area (Å²) in [6.45, 7) is 5.21. The third-order valence-electron chi connectivity index (χ3n) is 6.69. The van der Waals surface area contributed by atoms with Crippen LogP contribution < -0.4 is 10.2 Å². The second-order valence-electron chi connectivity index (χ2n) is 8.96. The zero-order valence-electron chi connectivity index (χ0n) is 18.8. The van der Waals surface area contributed by atoms with Gasteiger partial charge in [-0.15, -0.1) is 0 Å². The van der Waals surface area contributed by atoms with E-state index in [1.165, 1.54) is 57.6 Å². The number of halogens is 1. The van der Waals surface area contributed by atoms with Crippen LogP contribution >= 0.6 is 11.6 Å². The van der Waals surface area contributed by atoms with E-state index in [-0.39, 0.29) is 5.56 Å². The van der Waals surface area contributed by atoms with E-state index in [0.717, 1.165) is 25.9 Å². The number of carboxylic acids is 1. The van der Waals surface area contributed by atoms with E-state index in [0.29, 0.717) is 28.0 Å². The quantitative estimate of drug-likeness (QED) is 0.605. The first kappa shape index (κ1) is 23.5. The predicted molar refractivity (Wildman–Crippen MR) is 130 cm³/mol. The number of amides is 1. The Labute approximate surface area is 199 Å². The summed E-state index contributed by atoms with van der Waals surface area (Å²) in [6, 6.07) is 8.20. The Hall–Kier alpha value is -2.64. The van der Waals surface area contributed by atoms with Crippen molar-refractivity contribution in [1.29, 1.82) is 0 Å². The molecule has 0 bridgehead atoms. The highest BCUT2D eigenvalue weighted by Gasteiger charge is 2.25. The van der Waals surface area contributed by atoms with Gasteiger partial charge in [0.1, 0.15) is 11.4 Å². The molecular weight excluding hydrogens is 440 g/mol. The Morgan fingerprint density at radius 3 is 2.48 bits per heavy atom. The van der Waals surface area contributed by atoms with Crippen LogP contribution in [-0.4, -0.2) is 59.6 Å². The van der Waals surface area contributed by atoms with E-state index < -0.39 is 11.9 Å². The zero-order chi connectivity index (χ0) is 23.2. The number of nitrogens with one attached hydrogen (secondary N) is 1. The zero-order valence-corrected chi connectivity index (χ0v) is 19.6. The summed E-state index contributed by atoms with van der Waals surface area (Å²) in [7, 11) is 0. The number of carbonyl (C=O) groups excluding carboxylic acids is 1. The van der Waals surface area contributed by atoms with Crippen LogP contribution in [0.1, 0.15) is 59.2 Å². The highest BCUT2D eigenvalue weighted by Crippen LogP contribution is 2.28. The average molecular weight is 471 g/mol. The first-order valence-corrected chi connectivity index (χ1v) is 12.2. The molecule has 1 aromatic carbocycles. The normalized spacial score (nSPS) is 17.7. The molecule has 2 fully saturated rings. The fraction of sp³-hybridized carbons (Fsp3) is 0.480. The highest BCUT2D eigenvalue weighted by atomic mass is 35.5. The number of rotatable bonds is 7. The molecule has 0 atom stereocenters. The van der Waals surface area contributed by atoms with Crippen molar-refractivity contribution in [3.63, 3.8) is 0 Å². The Morgan fingerprint density at radius 1 is 1.06 bits per heavy atom. The summed E-state index contributed by atoms with van der Waals surface area (Å²) < 4.78 is 0. The molecule has 0 saturated carbocycles. The standard InChI is InChI=1S/C25H31ClN4O3/c26-22-7-3-2-6-20(22)24(31)28-19-16-21(25(32)33)23(27-17-19)30-14-9-18(10-15-30)8-13-29-11-4-1-5-12-29/h2-3,6-7,16-18H,1,4-5,8-15H2,(H,28,31)(H,32,33). The van der Waals surface area contributed by atoms with Crippen molar-refractivity contribution in [2.24, 2.45) is 5.92 Å². The third kappa shape index (κ3) is 6.03. The van der Waals surface area contributed by atoms with Crippen LogP contribution in [0.15, 0.2) is 36.5 Å². The van der Waals surface area contributed by atoms with Gasteiger partial charge >= 0.3 is 5.97 Å². The fourth-order valence-electron chi connectivity index (χ4n) is 4.76. The van der Waals surface area contributed by atoms with E-state index in [4.69, 9.17) is 11.6 Å². The van der Waals surface area contributed by atoms with Crippen LogP contribution in [0.2, 0.25) is 5.02 Å². The van der Waals surface area contributed by atoms with Crippen molar-refractivity contribution in [3.05, 3.63) is 52.7 Å². The first-order valence-electron chi connectivity index (χ1n) is 11.8. The SMILES string of the molecule is O=C(Nc1cnc(N2CCC(CCN3CCCCC3)CC2)c(C(=O)O)c1)c1ccccc1Cl. The van der Waals surface area contributed by atoms with Crippen molar-refractivity contribution in [2.75, 3.05) is 42.9 Å². The number of aromatic nitrogens is 1. The number of nitrogens with zero attached hydrogens (tertiary/aromatic N) is 3. The molecule has 2 N–H and O–H groups in total. The van der Waals surface area contributed by atoms with Crippen molar-refractivity contribution in [1.82, 2.24) is 9.88 Å². The van der Waals surface area contributed by atoms with Gasteiger partial charge in [-0.3, -0.25) is 4.79 Å². The molecule has 7 nitrogen and oxygen atoms in total. The minimum absolute atomic E-state index is 0.0960. The van der Waals surface area contributed by atoms with Crippen LogP contribution in [0.5, 0.6) is 0 Å². The number of carboxylic acid groups (broad SMARTS) is 1. The predicted octanol–water partition coefficient (Wildman–Crippen LogP) is 4.78. The van der Waals surface area contributed by atoms with E-state index in [1.807, 2.05) is 0 Å². The molecule has 1 aromatic heterocycles. The lowest BCUT2D eigenvalue weighted by atomic mass is 9.93. The number of anilines is 2. The second kappa shape index (κ2) is 11.0. The van der Waals surface area contributed by atoms with Gasteiger partial charge in [-0.25, -0.2) is 9.78 Å². The summed E-state index contributed by atoms with van der Waals surface area (Å²) in [6.07, 6.45) is 8.79. The number of pyridine rings is 1. The van der Waals surface area contributed by atoms with Gasteiger partial charge < -0.3 is 20.2 Å². The maximum Gasteiger partial charge on any atom is 0.339 e. The van der Waals surface area contributed by atoms with Gasteiger partial charge in [0.2, 0.25) is 0 Å². The van der Waals surface area contributed by atoms with Crippen LogP contribution in [0.4, 0.5) is 11.5 Å². The number of carbonyl (C=O) groups is 2. The van der Waals surface area contributed by atoms with E-state index >= 15 is 0 Å². The molecule has 2 aliphatic heterocycles. The topological polar surface area (TPSA) is 85.8 Å². The molecular formula is C25H31ClN4O3. The lowest BCUT2D eigenvalue weighted by molar-refractivity contribution is 0.0696. The van der Waals surface area contributed by atoms with Crippen molar-refractivity contribution >= 4 is 35.0 Å². The van der Waals surface area contributed by atoms with Crippen LogP contribution in [0.3, 0.4) is 0 Å². The number of benzene rings is 1. The van der Waals surface area contributed by atoms with Crippen molar-refractivity contribution in [2.45, 2.75) is 38.5 Å². The first-order chi connectivity index (χ1) is 16.0. The molecule has 176 valence electrons. The number of likely N-dealkylation sites (tertiary alicyclic amines) is 1. The third-order valence-corrected chi connectivity index (χ3v) is 7.02. The smallest absolute Gasteiger partial charge is 0.339 e. The minimum Gasteiger partial charge on any atom is -0.478 e. The molecule has 0 aliphatic carbocycles. The van der Waals surface area contributed by atoms with E-state index in [9.17, 15) is 14.7 Å². The second-order valence-corrected chi connectivity index (χ2v) is 9.36. The Kier molecular flexibility index (Phi) is 7.83. The molecule has 0 spiro atoms. The molecule has 2 saturated heterocycles. The summed E-state index contributed by atoms with van der Waals surface area (Å²) in [4.78, 5) is 33.6. The monoisotopic (exact) mass is 470 g/mol. The number of piperidine rings is 2. The number of hydrogen-bond donors (Lipinski definition) is 2. The molecule has 0 unspecified atom stereocenters. The highest BCUT2D eigenvalue weighted by molar-refractivity contribution is 6.34. The Morgan fingerprint density at radius 2 is 1.79 bits per heavy atom. The van der Waals surface area contributed by atoms with Crippen LogP contribution in [0.25, 0.3) is 0 Å². The molecule has 1 amide bonds. The average Bonchev–Trinajstić information content (AvgIpc) is 2.84. The largest absolute Gasteiger partial charge is 0.478 e. The Bertz CT molecular complexity index is 985. The molecule has 4 rings (SSSR count). The summed E-state index contributed by atoms with van der Waals surface area (Å²) in [5.41, 5.74) is 0.753. The van der Waals surface area contributed by atoms with E-state index in [1.54, 1.807) is 24.3 Å². The van der Waals surface area contributed by atoms with Gasteiger partial charge in [0.15, 0.2) is 0 Å². The van der Waals surface area contributed by atoms with Crippen LogP contribution in [0, 0.1) is 5.92 Å². The van der Waals surface area contributed by atoms with Gasteiger partial charge in [-0.05, 0) is 75.9 Å². The number of hydrogen-bond acceptors (Lipinski definition) is 5. The molecule has 33 heavy (non-hydrogen) atoms. The van der Waals surface area contributed by atoms with Gasteiger partial charge in [0.05, 0.1) is 22.5 Å². The Balaban J connectivity index is 1.37. The molecule has 3 heterocycles. The molecule has 2 aliphatic rings. The maximum absolute atomic E-state index is 12.5. The molecule has 2 aromatic rings. The molecule has 0 radical (unpaired) electrons.